The molecule has 4 heteroatoms. The van der Waals surface area contributed by atoms with Crippen LogP contribution in [0.1, 0.15) is 35.7 Å². The van der Waals surface area contributed by atoms with Gasteiger partial charge in [0.25, 0.3) is 0 Å². The Morgan fingerprint density at radius 2 is 2.08 bits per heavy atom. The minimum atomic E-state index is -0.129. The third-order valence-corrected chi connectivity index (χ3v) is 7.28. The minimum absolute atomic E-state index is 0.129. The molecule has 0 aliphatic carbocycles. The monoisotopic (exact) mass is 342 g/mol. The van der Waals surface area contributed by atoms with Crippen molar-refractivity contribution < 1.29 is 4.39 Å². The zero-order valence-electron chi connectivity index (χ0n) is 13.8. The maximum atomic E-state index is 13.3. The molecule has 0 bridgehead atoms. The highest BCUT2D eigenvalue weighted by molar-refractivity contribution is 7.09. The van der Waals surface area contributed by atoms with Crippen LogP contribution in [0.4, 0.5) is 4.39 Å². The first-order valence-electron chi connectivity index (χ1n) is 9.01. The molecule has 0 radical (unpaired) electrons. The normalized spacial score (nSPS) is 33.0. The Morgan fingerprint density at radius 1 is 1.21 bits per heavy atom. The Labute approximate surface area is 146 Å². The standard InChI is InChI=1S/C20H23FN2S/c21-17-6-4-15(5-7-17)19-11-16-12-22(13-18-3-1-10-24-18)14-20(16)8-2-9-23(19)20/h1,3-7,10,16,19H,2,8-9,11-14H2/t16-,19-,20+/m0/s1. The van der Waals surface area contributed by atoms with Crippen LogP contribution in [0, 0.1) is 11.7 Å². The fourth-order valence-electron chi connectivity index (χ4n) is 5.49. The van der Waals surface area contributed by atoms with Crippen LogP contribution in [0.25, 0.3) is 0 Å². The van der Waals surface area contributed by atoms with Crippen LogP contribution in [0.3, 0.4) is 0 Å². The van der Waals surface area contributed by atoms with Gasteiger partial charge in [0.15, 0.2) is 0 Å². The van der Waals surface area contributed by atoms with Crippen LogP contribution < -0.4 is 0 Å². The molecule has 3 atom stereocenters. The van der Waals surface area contributed by atoms with Gasteiger partial charge in [0.1, 0.15) is 5.82 Å². The van der Waals surface area contributed by atoms with E-state index in [4.69, 9.17) is 0 Å². The predicted octanol–water partition coefficient (Wildman–Crippen LogP) is 4.30. The molecule has 3 aliphatic heterocycles. The number of hydrogen-bond donors (Lipinski definition) is 0. The van der Waals surface area contributed by atoms with Gasteiger partial charge in [-0.1, -0.05) is 18.2 Å². The van der Waals surface area contributed by atoms with Crippen LogP contribution in [0.2, 0.25) is 0 Å². The van der Waals surface area contributed by atoms with E-state index in [1.807, 2.05) is 23.5 Å². The van der Waals surface area contributed by atoms with Crippen molar-refractivity contribution in [1.82, 2.24) is 9.80 Å². The maximum Gasteiger partial charge on any atom is 0.123 e. The zero-order chi connectivity index (χ0) is 16.1. The van der Waals surface area contributed by atoms with E-state index in [0.717, 1.165) is 12.5 Å². The van der Waals surface area contributed by atoms with Gasteiger partial charge in [-0.05, 0) is 60.9 Å². The molecule has 0 amide bonds. The van der Waals surface area contributed by atoms with Crippen molar-refractivity contribution in [2.24, 2.45) is 5.92 Å². The van der Waals surface area contributed by atoms with Crippen LogP contribution >= 0.6 is 11.3 Å². The molecule has 2 aromatic rings. The molecular formula is C20H23FN2S. The molecular weight excluding hydrogens is 319 g/mol. The van der Waals surface area contributed by atoms with Crippen molar-refractivity contribution in [2.75, 3.05) is 19.6 Å². The smallest absolute Gasteiger partial charge is 0.123 e. The van der Waals surface area contributed by atoms with Gasteiger partial charge in [-0.25, -0.2) is 4.39 Å². The molecule has 0 N–H and O–H groups in total. The number of thiophene rings is 1. The summed E-state index contributed by atoms with van der Waals surface area (Å²) < 4.78 is 13.3. The van der Waals surface area contributed by atoms with Gasteiger partial charge in [-0.3, -0.25) is 9.80 Å². The molecule has 3 fully saturated rings. The van der Waals surface area contributed by atoms with Gasteiger partial charge >= 0.3 is 0 Å². The summed E-state index contributed by atoms with van der Waals surface area (Å²) in [4.78, 5) is 6.90. The first-order valence-corrected chi connectivity index (χ1v) is 9.89. The van der Waals surface area contributed by atoms with Crippen molar-refractivity contribution in [3.05, 3.63) is 58.0 Å². The Morgan fingerprint density at radius 3 is 2.88 bits per heavy atom. The van der Waals surface area contributed by atoms with E-state index >= 15 is 0 Å². The number of benzene rings is 1. The highest BCUT2D eigenvalue weighted by Gasteiger charge is 2.59. The first kappa shape index (κ1) is 15.1. The van der Waals surface area contributed by atoms with Gasteiger partial charge in [0.2, 0.25) is 0 Å². The lowest BCUT2D eigenvalue weighted by molar-refractivity contribution is 0.131. The Balaban J connectivity index is 1.38. The van der Waals surface area contributed by atoms with Gasteiger partial charge in [0, 0.05) is 36.1 Å². The van der Waals surface area contributed by atoms with Crippen molar-refractivity contribution in [2.45, 2.75) is 37.4 Å². The van der Waals surface area contributed by atoms with E-state index < -0.39 is 0 Å². The van der Waals surface area contributed by atoms with E-state index in [-0.39, 0.29) is 5.82 Å². The number of hydrogen-bond acceptors (Lipinski definition) is 3. The second kappa shape index (κ2) is 5.65. The van der Waals surface area contributed by atoms with Crippen molar-refractivity contribution in [3.63, 3.8) is 0 Å². The summed E-state index contributed by atoms with van der Waals surface area (Å²) in [5.74, 6) is 0.630. The molecule has 4 heterocycles. The lowest BCUT2D eigenvalue weighted by Gasteiger charge is -2.35. The predicted molar refractivity (Wildman–Crippen MR) is 95.5 cm³/mol. The Hall–Kier alpha value is -1.23. The van der Waals surface area contributed by atoms with Crippen molar-refractivity contribution in [3.8, 4) is 0 Å². The molecule has 3 saturated heterocycles. The van der Waals surface area contributed by atoms with Gasteiger partial charge < -0.3 is 0 Å². The van der Waals surface area contributed by atoms with E-state index in [2.05, 4.69) is 27.3 Å². The Bertz CT molecular complexity index is 714. The lowest BCUT2D eigenvalue weighted by Crippen LogP contribution is -2.45. The largest absolute Gasteiger partial charge is 0.296 e. The van der Waals surface area contributed by atoms with Gasteiger partial charge in [-0.15, -0.1) is 11.3 Å². The third kappa shape index (κ3) is 2.27. The van der Waals surface area contributed by atoms with Crippen molar-refractivity contribution in [1.29, 1.82) is 0 Å². The zero-order valence-corrected chi connectivity index (χ0v) is 14.6. The summed E-state index contributed by atoms with van der Waals surface area (Å²) in [5, 5.41) is 2.18. The van der Waals surface area contributed by atoms with E-state index in [9.17, 15) is 4.39 Å². The quantitative estimate of drug-likeness (QED) is 0.821. The molecule has 126 valence electrons. The van der Waals surface area contributed by atoms with Gasteiger partial charge in [0.05, 0.1) is 0 Å². The summed E-state index contributed by atoms with van der Waals surface area (Å²) in [6, 6.07) is 12.1. The second-order valence-electron chi connectivity index (χ2n) is 7.65. The van der Waals surface area contributed by atoms with Gasteiger partial charge in [-0.2, -0.15) is 0 Å². The Kier molecular flexibility index (Phi) is 3.55. The molecule has 1 aromatic heterocycles. The highest BCUT2D eigenvalue weighted by Crippen LogP contribution is 2.55. The number of rotatable bonds is 3. The maximum absolute atomic E-state index is 13.3. The fraction of sp³-hybridized carbons (Fsp3) is 0.500. The minimum Gasteiger partial charge on any atom is -0.296 e. The fourth-order valence-corrected chi connectivity index (χ4v) is 6.24. The molecule has 0 saturated carbocycles. The van der Waals surface area contributed by atoms with E-state index in [0.29, 0.717) is 11.6 Å². The van der Waals surface area contributed by atoms with Crippen LogP contribution in [0.15, 0.2) is 41.8 Å². The first-order chi connectivity index (χ1) is 11.7. The topological polar surface area (TPSA) is 6.48 Å². The third-order valence-electron chi connectivity index (χ3n) is 6.41. The number of halogens is 1. The van der Waals surface area contributed by atoms with Crippen LogP contribution in [0.5, 0.6) is 0 Å². The average Bonchev–Trinajstić information content (AvgIpc) is 3.31. The molecule has 1 spiro atoms. The van der Waals surface area contributed by atoms with Crippen LogP contribution in [-0.4, -0.2) is 35.0 Å². The SMILES string of the molecule is Fc1ccc([C@@H]2C[C@H]3CN(Cc4cccs4)C[C@]34CCCN24)cc1. The summed E-state index contributed by atoms with van der Waals surface area (Å²) in [5.41, 5.74) is 1.67. The second-order valence-corrected chi connectivity index (χ2v) is 8.68. The lowest BCUT2D eigenvalue weighted by atomic mass is 9.86. The van der Waals surface area contributed by atoms with E-state index in [1.54, 1.807) is 12.1 Å². The number of likely N-dealkylation sites (tertiary alicyclic amines) is 1. The summed E-state index contributed by atoms with van der Waals surface area (Å²) in [6.45, 7) is 4.72. The molecule has 2 nitrogen and oxygen atoms in total. The molecule has 24 heavy (non-hydrogen) atoms. The summed E-state index contributed by atoms with van der Waals surface area (Å²) in [7, 11) is 0. The van der Waals surface area contributed by atoms with Crippen LogP contribution in [-0.2, 0) is 6.54 Å². The number of nitrogens with zero attached hydrogens (tertiary/aromatic N) is 2. The molecule has 3 aliphatic rings. The van der Waals surface area contributed by atoms with Crippen molar-refractivity contribution >= 4 is 11.3 Å². The summed E-state index contributed by atoms with van der Waals surface area (Å²) >= 11 is 1.87. The molecule has 1 aromatic carbocycles. The average molecular weight is 342 g/mol. The summed E-state index contributed by atoms with van der Waals surface area (Å²) in [6.07, 6.45) is 3.86. The molecule has 5 rings (SSSR count). The highest BCUT2D eigenvalue weighted by atomic mass is 32.1. The molecule has 0 unspecified atom stereocenters. The van der Waals surface area contributed by atoms with E-state index in [1.165, 1.54) is 49.3 Å².